The first kappa shape index (κ1) is 25.4. The van der Waals surface area contributed by atoms with Gasteiger partial charge in [0, 0.05) is 32.2 Å². The molecule has 2 aromatic carbocycles. The number of amides is 1. The average Bonchev–Trinajstić information content (AvgIpc) is 3.52. The van der Waals surface area contributed by atoms with E-state index >= 15 is 0 Å². The highest BCUT2D eigenvalue weighted by atomic mass is 19.4. The molecule has 3 N–H and O–H groups in total. The maximum atomic E-state index is 13.1. The van der Waals surface area contributed by atoms with E-state index in [2.05, 4.69) is 25.6 Å². The molecule has 0 unspecified atom stereocenters. The molecule has 5 aromatic rings. The predicted octanol–water partition coefficient (Wildman–Crippen LogP) is 5.27. The number of imidazole rings is 2. The molecule has 196 valence electrons. The third-order valence-corrected chi connectivity index (χ3v) is 6.06. The minimum Gasteiger partial charge on any atom is -0.385 e. The summed E-state index contributed by atoms with van der Waals surface area (Å²) >= 11 is 0. The Hall–Kier alpha value is -4.22. The molecule has 0 saturated carbocycles. The van der Waals surface area contributed by atoms with Gasteiger partial charge in [-0.05, 0) is 60.5 Å². The van der Waals surface area contributed by atoms with Crippen LogP contribution in [0.1, 0.15) is 28.2 Å². The van der Waals surface area contributed by atoms with Gasteiger partial charge in [-0.1, -0.05) is 24.3 Å². The van der Waals surface area contributed by atoms with Gasteiger partial charge in [-0.25, -0.2) is 9.97 Å². The predicted molar refractivity (Wildman–Crippen MR) is 138 cm³/mol. The molecule has 0 aliphatic rings. The number of pyridine rings is 1. The molecule has 38 heavy (non-hydrogen) atoms. The Balaban J connectivity index is 1.32. The van der Waals surface area contributed by atoms with Gasteiger partial charge in [-0.3, -0.25) is 10.1 Å². The van der Waals surface area contributed by atoms with E-state index in [1.165, 1.54) is 6.07 Å². The zero-order chi connectivity index (χ0) is 26.7. The van der Waals surface area contributed by atoms with Crippen LogP contribution in [-0.4, -0.2) is 45.5 Å². The Morgan fingerprint density at radius 3 is 2.68 bits per heavy atom. The monoisotopic (exact) mass is 522 g/mol. The minimum atomic E-state index is -4.43. The highest BCUT2D eigenvalue weighted by Gasteiger charge is 2.30. The topological polar surface area (TPSA) is 96.3 Å². The normalized spacial score (nSPS) is 11.9. The van der Waals surface area contributed by atoms with E-state index < -0.39 is 17.6 Å². The Kier molecular flexibility index (Phi) is 7.12. The van der Waals surface area contributed by atoms with Crippen molar-refractivity contribution in [2.75, 3.05) is 25.6 Å². The smallest absolute Gasteiger partial charge is 0.385 e. The molecule has 0 spiro atoms. The average molecular weight is 523 g/mol. The molecule has 0 fully saturated rings. The molecule has 0 aliphatic heterocycles. The van der Waals surface area contributed by atoms with Crippen LogP contribution in [0.25, 0.3) is 27.8 Å². The summed E-state index contributed by atoms with van der Waals surface area (Å²) in [5, 5.41) is 6.07. The lowest BCUT2D eigenvalue weighted by Gasteiger charge is -2.08. The standard InChI is InChI=1S/C27H25F3N6O2/c1-38-12-4-11-31-15-20-7-3-8-24-32-23(16-36(20)24)25(37)35-26-33-21-10-9-18(14-22(21)34-26)17-5-2-6-19(13-17)27(28,29)30/h2-3,5-10,13-14,16,31H,4,11-12,15H2,1H3,(H2,33,34,35,37). The third-order valence-electron chi connectivity index (χ3n) is 6.06. The number of halogens is 3. The number of alkyl halides is 3. The number of methoxy groups -OCH3 is 1. The second kappa shape index (κ2) is 10.6. The lowest BCUT2D eigenvalue weighted by atomic mass is 10.0. The number of ether oxygens (including phenoxy) is 1. The number of carbonyl (C=O) groups excluding carboxylic acids is 1. The number of rotatable bonds is 9. The first-order valence-corrected chi connectivity index (χ1v) is 12.0. The van der Waals surface area contributed by atoms with Gasteiger partial charge in [0.2, 0.25) is 5.95 Å². The van der Waals surface area contributed by atoms with Crippen molar-refractivity contribution in [1.82, 2.24) is 24.7 Å². The molecule has 11 heteroatoms. The number of nitrogens with one attached hydrogen (secondary N) is 3. The van der Waals surface area contributed by atoms with E-state index in [-0.39, 0.29) is 11.6 Å². The van der Waals surface area contributed by atoms with Gasteiger partial charge in [0.1, 0.15) is 11.3 Å². The summed E-state index contributed by atoms with van der Waals surface area (Å²) in [6.07, 6.45) is -1.86. The van der Waals surface area contributed by atoms with E-state index in [1.807, 2.05) is 22.6 Å². The Morgan fingerprint density at radius 2 is 1.87 bits per heavy atom. The van der Waals surface area contributed by atoms with Crippen LogP contribution < -0.4 is 10.6 Å². The number of hydrogen-bond acceptors (Lipinski definition) is 5. The second-order valence-corrected chi connectivity index (χ2v) is 8.74. The van der Waals surface area contributed by atoms with Crippen molar-refractivity contribution < 1.29 is 22.7 Å². The molecule has 8 nitrogen and oxygen atoms in total. The fraction of sp³-hybridized carbons (Fsp3) is 0.222. The first-order valence-electron chi connectivity index (χ1n) is 12.0. The van der Waals surface area contributed by atoms with E-state index in [1.54, 1.807) is 37.6 Å². The van der Waals surface area contributed by atoms with Crippen LogP contribution in [0.15, 0.2) is 66.9 Å². The molecule has 3 heterocycles. The van der Waals surface area contributed by atoms with Gasteiger partial charge in [0.05, 0.1) is 16.6 Å². The third kappa shape index (κ3) is 5.53. The highest BCUT2D eigenvalue weighted by molar-refractivity contribution is 6.03. The number of fused-ring (bicyclic) bond motifs is 2. The van der Waals surface area contributed by atoms with Crippen molar-refractivity contribution in [2.45, 2.75) is 19.1 Å². The second-order valence-electron chi connectivity index (χ2n) is 8.74. The van der Waals surface area contributed by atoms with Crippen LogP contribution in [0.2, 0.25) is 0 Å². The van der Waals surface area contributed by atoms with Crippen molar-refractivity contribution in [3.8, 4) is 11.1 Å². The molecule has 0 saturated heterocycles. The molecule has 0 aliphatic carbocycles. The van der Waals surface area contributed by atoms with Gasteiger partial charge in [-0.15, -0.1) is 0 Å². The van der Waals surface area contributed by atoms with Gasteiger partial charge < -0.3 is 19.4 Å². The summed E-state index contributed by atoms with van der Waals surface area (Å²) in [7, 11) is 1.67. The highest BCUT2D eigenvalue weighted by Crippen LogP contribution is 2.33. The number of aromatic nitrogens is 4. The SMILES string of the molecule is COCCCNCc1cccc2nc(C(=O)Nc3nc4cc(-c5cccc(C(F)(F)F)c5)ccc4[nH]3)cn12. The number of anilines is 1. The summed E-state index contributed by atoms with van der Waals surface area (Å²) in [5.41, 5.74) is 3.24. The number of benzene rings is 2. The van der Waals surface area contributed by atoms with E-state index in [0.717, 1.165) is 30.8 Å². The van der Waals surface area contributed by atoms with Crippen LogP contribution >= 0.6 is 0 Å². The lowest BCUT2D eigenvalue weighted by Crippen LogP contribution is -2.17. The van der Waals surface area contributed by atoms with Gasteiger partial charge in [0.25, 0.3) is 5.91 Å². The summed E-state index contributed by atoms with van der Waals surface area (Å²) < 4.78 is 46.3. The Labute approximate surface area is 215 Å². The fourth-order valence-electron chi connectivity index (χ4n) is 4.17. The van der Waals surface area contributed by atoms with Crippen molar-refractivity contribution in [3.05, 3.63) is 83.8 Å². The number of nitrogens with zero attached hydrogens (tertiary/aromatic N) is 3. The first-order chi connectivity index (χ1) is 18.3. The van der Waals surface area contributed by atoms with Crippen LogP contribution in [0.5, 0.6) is 0 Å². The molecule has 0 radical (unpaired) electrons. The maximum Gasteiger partial charge on any atom is 0.416 e. The number of carbonyl (C=O) groups is 1. The van der Waals surface area contributed by atoms with Crippen LogP contribution in [0.4, 0.5) is 19.1 Å². The van der Waals surface area contributed by atoms with Crippen molar-refractivity contribution in [3.63, 3.8) is 0 Å². The minimum absolute atomic E-state index is 0.211. The van der Waals surface area contributed by atoms with Crippen LogP contribution in [0, 0.1) is 0 Å². The van der Waals surface area contributed by atoms with Gasteiger partial charge in [0.15, 0.2) is 0 Å². The number of aromatic amines is 1. The molecule has 3 aromatic heterocycles. The van der Waals surface area contributed by atoms with Crippen molar-refractivity contribution >= 4 is 28.5 Å². The van der Waals surface area contributed by atoms with Gasteiger partial charge in [-0.2, -0.15) is 13.2 Å². The lowest BCUT2D eigenvalue weighted by molar-refractivity contribution is -0.137. The van der Waals surface area contributed by atoms with Crippen LogP contribution in [0.3, 0.4) is 0 Å². The molecular formula is C27H25F3N6O2. The van der Waals surface area contributed by atoms with E-state index in [9.17, 15) is 18.0 Å². The largest absolute Gasteiger partial charge is 0.416 e. The maximum absolute atomic E-state index is 13.1. The van der Waals surface area contributed by atoms with Crippen molar-refractivity contribution in [1.29, 1.82) is 0 Å². The Morgan fingerprint density at radius 1 is 1.05 bits per heavy atom. The van der Waals surface area contributed by atoms with Gasteiger partial charge >= 0.3 is 6.18 Å². The summed E-state index contributed by atoms with van der Waals surface area (Å²) in [6, 6.07) is 15.9. The zero-order valence-corrected chi connectivity index (χ0v) is 20.5. The zero-order valence-electron chi connectivity index (χ0n) is 20.5. The summed E-state index contributed by atoms with van der Waals surface area (Å²) in [4.78, 5) is 24.8. The van der Waals surface area contributed by atoms with E-state index in [4.69, 9.17) is 4.74 Å². The molecule has 5 rings (SSSR count). The van der Waals surface area contributed by atoms with Crippen molar-refractivity contribution in [2.24, 2.45) is 0 Å². The Bertz CT molecular complexity index is 1590. The van der Waals surface area contributed by atoms with Crippen LogP contribution in [-0.2, 0) is 17.5 Å². The molecule has 1 amide bonds. The molecular weight excluding hydrogens is 497 g/mol. The number of hydrogen-bond donors (Lipinski definition) is 3. The molecule has 0 atom stereocenters. The number of H-pyrrole nitrogens is 1. The summed E-state index contributed by atoms with van der Waals surface area (Å²) in [6.45, 7) is 2.09. The summed E-state index contributed by atoms with van der Waals surface area (Å²) in [5.74, 6) is -0.229. The quantitative estimate of drug-likeness (QED) is 0.229. The fourth-order valence-corrected chi connectivity index (χ4v) is 4.17. The molecule has 0 bridgehead atoms. The van der Waals surface area contributed by atoms with E-state index in [0.29, 0.717) is 41.0 Å².